The van der Waals surface area contributed by atoms with Crippen LogP contribution in [0.5, 0.6) is 0 Å². The van der Waals surface area contributed by atoms with Crippen molar-refractivity contribution in [3.63, 3.8) is 0 Å². The lowest BCUT2D eigenvalue weighted by atomic mass is 10.1. The molecule has 0 heterocycles. The SMILES string of the molecule is CC(C)NC(=O)C1=Cc2ccccc2C1=O. The fourth-order valence-corrected chi connectivity index (χ4v) is 1.70. The van der Waals surface area contributed by atoms with Crippen molar-refractivity contribution in [2.45, 2.75) is 19.9 Å². The van der Waals surface area contributed by atoms with Gasteiger partial charge in [0.2, 0.25) is 0 Å². The van der Waals surface area contributed by atoms with Crippen molar-refractivity contribution in [1.29, 1.82) is 0 Å². The lowest BCUT2D eigenvalue weighted by molar-refractivity contribution is -0.117. The van der Waals surface area contributed by atoms with Crippen LogP contribution in [0.1, 0.15) is 29.8 Å². The largest absolute Gasteiger partial charge is 0.350 e. The fourth-order valence-electron chi connectivity index (χ4n) is 1.70. The molecule has 1 aliphatic rings. The predicted molar refractivity (Wildman–Crippen MR) is 62.0 cm³/mol. The molecule has 1 N–H and O–H groups in total. The molecule has 0 radical (unpaired) electrons. The maximum Gasteiger partial charge on any atom is 0.255 e. The van der Waals surface area contributed by atoms with Crippen molar-refractivity contribution in [1.82, 2.24) is 5.32 Å². The molecule has 0 fully saturated rings. The summed E-state index contributed by atoms with van der Waals surface area (Å²) in [5.74, 6) is -0.482. The van der Waals surface area contributed by atoms with Gasteiger partial charge in [-0.2, -0.15) is 0 Å². The standard InChI is InChI=1S/C13H13NO2/c1-8(2)14-13(16)11-7-9-5-3-4-6-10(9)12(11)15/h3-8H,1-2H3,(H,14,16). The third-order valence-electron chi connectivity index (χ3n) is 2.41. The second-order valence-electron chi connectivity index (χ2n) is 4.10. The zero-order valence-electron chi connectivity index (χ0n) is 9.28. The zero-order valence-corrected chi connectivity index (χ0v) is 9.28. The van der Waals surface area contributed by atoms with E-state index < -0.39 is 0 Å². The second kappa shape index (κ2) is 3.93. The quantitative estimate of drug-likeness (QED) is 0.764. The molecule has 0 bridgehead atoms. The number of hydrogen-bond acceptors (Lipinski definition) is 2. The molecule has 0 unspecified atom stereocenters. The summed E-state index contributed by atoms with van der Waals surface area (Å²) < 4.78 is 0. The maximum atomic E-state index is 11.9. The van der Waals surface area contributed by atoms with E-state index in [9.17, 15) is 9.59 Å². The molecule has 16 heavy (non-hydrogen) atoms. The fraction of sp³-hybridized carbons (Fsp3) is 0.231. The Bertz CT molecular complexity index is 486. The first kappa shape index (κ1) is 10.6. The molecule has 3 nitrogen and oxygen atoms in total. The average molecular weight is 215 g/mol. The van der Waals surface area contributed by atoms with Gasteiger partial charge in [0.15, 0.2) is 5.78 Å². The van der Waals surface area contributed by atoms with Crippen LogP contribution in [-0.4, -0.2) is 17.7 Å². The number of benzene rings is 1. The van der Waals surface area contributed by atoms with Gasteiger partial charge in [-0.1, -0.05) is 24.3 Å². The van der Waals surface area contributed by atoms with Crippen molar-refractivity contribution >= 4 is 17.8 Å². The number of hydrogen-bond donors (Lipinski definition) is 1. The van der Waals surface area contributed by atoms with Crippen LogP contribution in [0.2, 0.25) is 0 Å². The Morgan fingerprint density at radius 2 is 1.94 bits per heavy atom. The molecule has 0 aliphatic heterocycles. The van der Waals surface area contributed by atoms with Crippen LogP contribution in [0, 0.1) is 0 Å². The minimum absolute atomic E-state index is 0.0323. The molecule has 1 aliphatic carbocycles. The smallest absolute Gasteiger partial charge is 0.255 e. The Kier molecular flexibility index (Phi) is 2.60. The van der Waals surface area contributed by atoms with Gasteiger partial charge in [0.25, 0.3) is 5.91 Å². The number of ketones is 1. The summed E-state index contributed by atoms with van der Waals surface area (Å²) in [4.78, 5) is 23.6. The molecule has 0 saturated heterocycles. The van der Waals surface area contributed by atoms with Gasteiger partial charge in [-0.3, -0.25) is 9.59 Å². The Balaban J connectivity index is 2.29. The summed E-state index contributed by atoms with van der Waals surface area (Å²) in [6, 6.07) is 7.26. The zero-order chi connectivity index (χ0) is 11.7. The van der Waals surface area contributed by atoms with E-state index in [4.69, 9.17) is 0 Å². The van der Waals surface area contributed by atoms with Gasteiger partial charge in [0.1, 0.15) is 0 Å². The molecule has 0 atom stereocenters. The van der Waals surface area contributed by atoms with Gasteiger partial charge in [0, 0.05) is 11.6 Å². The first-order chi connectivity index (χ1) is 7.59. The van der Waals surface area contributed by atoms with Crippen LogP contribution in [0.4, 0.5) is 0 Å². The molecule has 2 rings (SSSR count). The van der Waals surface area contributed by atoms with E-state index in [1.165, 1.54) is 0 Å². The minimum atomic E-state index is -0.295. The van der Waals surface area contributed by atoms with Crippen molar-refractivity contribution in [3.05, 3.63) is 41.0 Å². The van der Waals surface area contributed by atoms with Gasteiger partial charge < -0.3 is 5.32 Å². The van der Waals surface area contributed by atoms with Crippen molar-refractivity contribution in [2.24, 2.45) is 0 Å². The van der Waals surface area contributed by atoms with Crippen LogP contribution in [0.15, 0.2) is 29.8 Å². The monoisotopic (exact) mass is 215 g/mol. The topological polar surface area (TPSA) is 46.2 Å². The number of carbonyl (C=O) groups is 2. The number of carbonyl (C=O) groups excluding carboxylic acids is 2. The third-order valence-corrected chi connectivity index (χ3v) is 2.41. The van der Waals surface area contributed by atoms with E-state index in [1.807, 2.05) is 26.0 Å². The molecule has 82 valence electrons. The van der Waals surface area contributed by atoms with Gasteiger partial charge in [-0.25, -0.2) is 0 Å². The lowest BCUT2D eigenvalue weighted by Gasteiger charge is -2.07. The molecular formula is C13H13NO2. The van der Waals surface area contributed by atoms with E-state index in [-0.39, 0.29) is 23.3 Å². The molecule has 3 heteroatoms. The highest BCUT2D eigenvalue weighted by Gasteiger charge is 2.27. The molecular weight excluding hydrogens is 202 g/mol. The Hall–Kier alpha value is -1.90. The Morgan fingerprint density at radius 3 is 2.56 bits per heavy atom. The first-order valence-electron chi connectivity index (χ1n) is 5.26. The summed E-state index contributed by atoms with van der Waals surface area (Å²) in [5.41, 5.74) is 1.66. The van der Waals surface area contributed by atoms with Gasteiger partial charge >= 0.3 is 0 Å². The van der Waals surface area contributed by atoms with Gasteiger partial charge in [-0.15, -0.1) is 0 Å². The predicted octanol–water partition coefficient (Wildman–Crippen LogP) is 1.79. The Labute approximate surface area is 94.2 Å². The lowest BCUT2D eigenvalue weighted by Crippen LogP contribution is -2.32. The van der Waals surface area contributed by atoms with Crippen molar-refractivity contribution < 1.29 is 9.59 Å². The second-order valence-corrected chi connectivity index (χ2v) is 4.10. The van der Waals surface area contributed by atoms with E-state index in [0.717, 1.165) is 5.56 Å². The van der Waals surface area contributed by atoms with E-state index >= 15 is 0 Å². The highest BCUT2D eigenvalue weighted by molar-refractivity contribution is 6.32. The van der Waals surface area contributed by atoms with Crippen LogP contribution in [-0.2, 0) is 4.79 Å². The Morgan fingerprint density at radius 1 is 1.25 bits per heavy atom. The number of fused-ring (bicyclic) bond motifs is 1. The molecule has 0 aromatic heterocycles. The highest BCUT2D eigenvalue weighted by Crippen LogP contribution is 2.24. The number of Topliss-reactive ketones (excluding diaryl/α,β-unsaturated/α-hetero) is 1. The summed E-state index contributed by atoms with van der Waals surface area (Å²) in [6.07, 6.45) is 1.65. The van der Waals surface area contributed by atoms with Gasteiger partial charge in [0.05, 0.1) is 5.57 Å². The summed E-state index contributed by atoms with van der Waals surface area (Å²) >= 11 is 0. The van der Waals surface area contributed by atoms with Crippen LogP contribution >= 0.6 is 0 Å². The van der Waals surface area contributed by atoms with Crippen molar-refractivity contribution in [3.8, 4) is 0 Å². The average Bonchev–Trinajstić information content (AvgIpc) is 2.56. The maximum absolute atomic E-state index is 11.9. The van der Waals surface area contributed by atoms with Gasteiger partial charge in [-0.05, 0) is 25.5 Å². The van der Waals surface area contributed by atoms with E-state index in [1.54, 1.807) is 18.2 Å². The van der Waals surface area contributed by atoms with E-state index in [2.05, 4.69) is 5.32 Å². The number of rotatable bonds is 2. The first-order valence-corrected chi connectivity index (χ1v) is 5.26. The van der Waals surface area contributed by atoms with E-state index in [0.29, 0.717) is 5.56 Å². The molecule has 0 saturated carbocycles. The molecule has 1 amide bonds. The number of amides is 1. The highest BCUT2D eigenvalue weighted by atomic mass is 16.2. The molecule has 0 spiro atoms. The van der Waals surface area contributed by atoms with Crippen LogP contribution in [0.25, 0.3) is 6.08 Å². The minimum Gasteiger partial charge on any atom is -0.350 e. The normalized spacial score (nSPS) is 13.7. The summed E-state index contributed by atoms with van der Waals surface area (Å²) in [7, 11) is 0. The van der Waals surface area contributed by atoms with Crippen LogP contribution in [0.3, 0.4) is 0 Å². The molecule has 1 aromatic carbocycles. The molecule has 1 aromatic rings. The van der Waals surface area contributed by atoms with Crippen molar-refractivity contribution in [2.75, 3.05) is 0 Å². The summed E-state index contributed by atoms with van der Waals surface area (Å²) in [6.45, 7) is 3.73. The van der Waals surface area contributed by atoms with Crippen LogP contribution < -0.4 is 5.32 Å². The summed E-state index contributed by atoms with van der Waals surface area (Å²) in [5, 5.41) is 2.72. The third kappa shape index (κ3) is 1.76. The number of nitrogens with one attached hydrogen (secondary N) is 1.